The van der Waals surface area contributed by atoms with Gasteiger partial charge in [0.05, 0.1) is 12.9 Å². The highest BCUT2D eigenvalue weighted by molar-refractivity contribution is 7.90. The van der Waals surface area contributed by atoms with Crippen molar-refractivity contribution in [2.24, 2.45) is 0 Å². The highest BCUT2D eigenvalue weighted by Crippen LogP contribution is 2.21. The van der Waals surface area contributed by atoms with E-state index in [4.69, 9.17) is 10.5 Å². The summed E-state index contributed by atoms with van der Waals surface area (Å²) in [5.74, 6) is 0.857. The van der Waals surface area contributed by atoms with E-state index in [1.165, 1.54) is 6.26 Å². The molecular weight excluding hydrogens is 240 g/mol. The first-order valence-corrected chi connectivity index (χ1v) is 7.33. The highest BCUT2D eigenvalue weighted by atomic mass is 32.2. The van der Waals surface area contributed by atoms with Crippen LogP contribution in [0.5, 0.6) is 5.75 Å². The molecule has 3 N–H and O–H groups in total. The quantitative estimate of drug-likeness (QED) is 0.590. The fourth-order valence-corrected chi connectivity index (χ4v) is 2.08. The first-order chi connectivity index (χ1) is 7.90. The normalized spacial score (nSPS) is 11.2. The van der Waals surface area contributed by atoms with Gasteiger partial charge in [0.25, 0.3) is 0 Å². The van der Waals surface area contributed by atoms with Gasteiger partial charge in [0.15, 0.2) is 0 Å². The number of ether oxygens (including phenoxy) is 1. The number of hydrogen-bond acceptors (Lipinski definition) is 5. The molecule has 0 bridgehead atoms. The highest BCUT2D eigenvalue weighted by Gasteiger charge is 2.02. The Balaban J connectivity index is 2.49. The second-order valence-corrected chi connectivity index (χ2v) is 6.16. The van der Waals surface area contributed by atoms with Crippen LogP contribution < -0.4 is 15.8 Å². The Kier molecular flexibility index (Phi) is 4.62. The van der Waals surface area contributed by atoms with Crippen molar-refractivity contribution in [2.75, 3.05) is 36.7 Å². The number of rotatable bonds is 6. The zero-order valence-electron chi connectivity index (χ0n) is 10.1. The summed E-state index contributed by atoms with van der Waals surface area (Å²) in [7, 11) is -1.32. The van der Waals surface area contributed by atoms with Gasteiger partial charge in [0, 0.05) is 36.3 Å². The molecule has 0 aliphatic carbocycles. The van der Waals surface area contributed by atoms with Gasteiger partial charge in [-0.25, -0.2) is 8.42 Å². The molecule has 0 aromatic heterocycles. The molecular formula is C11H18N2O3S. The van der Waals surface area contributed by atoms with E-state index in [0.29, 0.717) is 24.4 Å². The van der Waals surface area contributed by atoms with Crippen LogP contribution in [0.25, 0.3) is 0 Å². The van der Waals surface area contributed by atoms with Crippen LogP contribution in [0.1, 0.15) is 6.42 Å². The van der Waals surface area contributed by atoms with E-state index >= 15 is 0 Å². The van der Waals surface area contributed by atoms with Crippen molar-refractivity contribution in [1.82, 2.24) is 0 Å². The van der Waals surface area contributed by atoms with Gasteiger partial charge in [0.1, 0.15) is 15.6 Å². The topological polar surface area (TPSA) is 81.4 Å². The summed E-state index contributed by atoms with van der Waals surface area (Å²) in [6.45, 7) is 0.583. The van der Waals surface area contributed by atoms with Crippen molar-refractivity contribution < 1.29 is 13.2 Å². The lowest BCUT2D eigenvalue weighted by Gasteiger charge is -2.09. The van der Waals surface area contributed by atoms with Crippen LogP contribution in [0.3, 0.4) is 0 Å². The number of nitrogen functional groups attached to an aromatic ring is 1. The molecule has 0 amide bonds. The monoisotopic (exact) mass is 258 g/mol. The number of anilines is 2. The minimum absolute atomic E-state index is 0.180. The van der Waals surface area contributed by atoms with Crippen LogP contribution in [0.2, 0.25) is 0 Å². The van der Waals surface area contributed by atoms with Gasteiger partial charge in [-0.05, 0) is 12.5 Å². The van der Waals surface area contributed by atoms with E-state index in [2.05, 4.69) is 5.32 Å². The summed E-state index contributed by atoms with van der Waals surface area (Å²) < 4.78 is 26.9. The summed E-state index contributed by atoms with van der Waals surface area (Å²) >= 11 is 0. The van der Waals surface area contributed by atoms with Gasteiger partial charge in [-0.3, -0.25) is 0 Å². The molecule has 96 valence electrons. The van der Waals surface area contributed by atoms with Crippen LogP contribution in [-0.2, 0) is 9.84 Å². The third-order valence-corrected chi connectivity index (χ3v) is 3.22. The van der Waals surface area contributed by atoms with E-state index in [0.717, 1.165) is 5.69 Å². The van der Waals surface area contributed by atoms with Gasteiger partial charge in [0.2, 0.25) is 0 Å². The molecule has 1 aromatic carbocycles. The van der Waals surface area contributed by atoms with Crippen LogP contribution in [0, 0.1) is 0 Å². The van der Waals surface area contributed by atoms with E-state index in [1.807, 2.05) is 6.07 Å². The van der Waals surface area contributed by atoms with Crippen LogP contribution in [0.4, 0.5) is 11.4 Å². The fourth-order valence-electron chi connectivity index (χ4n) is 1.41. The smallest absolute Gasteiger partial charge is 0.147 e. The molecule has 17 heavy (non-hydrogen) atoms. The predicted molar refractivity (Wildman–Crippen MR) is 70.2 cm³/mol. The lowest BCUT2D eigenvalue weighted by molar-refractivity contribution is 0.415. The summed E-state index contributed by atoms with van der Waals surface area (Å²) in [4.78, 5) is 0. The molecule has 0 heterocycles. The van der Waals surface area contributed by atoms with Gasteiger partial charge in [-0.2, -0.15) is 0 Å². The summed E-state index contributed by atoms with van der Waals surface area (Å²) in [5.41, 5.74) is 7.13. The summed E-state index contributed by atoms with van der Waals surface area (Å²) in [6.07, 6.45) is 1.80. The van der Waals surface area contributed by atoms with Crippen molar-refractivity contribution in [2.45, 2.75) is 6.42 Å². The second kappa shape index (κ2) is 5.77. The van der Waals surface area contributed by atoms with Crippen molar-refractivity contribution in [3.63, 3.8) is 0 Å². The molecule has 1 aromatic rings. The third kappa shape index (κ3) is 5.44. The Hall–Kier alpha value is -1.43. The Labute approximate surface area is 102 Å². The molecule has 0 aliphatic heterocycles. The van der Waals surface area contributed by atoms with Crippen LogP contribution >= 0.6 is 0 Å². The molecule has 0 saturated carbocycles. The molecule has 0 saturated heterocycles. The van der Waals surface area contributed by atoms with Gasteiger partial charge in [-0.15, -0.1) is 0 Å². The maximum Gasteiger partial charge on any atom is 0.147 e. The van der Waals surface area contributed by atoms with E-state index in [9.17, 15) is 8.42 Å². The molecule has 0 fully saturated rings. The van der Waals surface area contributed by atoms with Crippen molar-refractivity contribution >= 4 is 21.2 Å². The number of nitrogens with one attached hydrogen (secondary N) is 1. The Bertz CT molecular complexity index is 472. The van der Waals surface area contributed by atoms with E-state index in [-0.39, 0.29) is 5.75 Å². The third-order valence-electron chi connectivity index (χ3n) is 2.19. The van der Waals surface area contributed by atoms with Crippen LogP contribution in [-0.4, -0.2) is 34.1 Å². The number of benzene rings is 1. The van der Waals surface area contributed by atoms with Gasteiger partial charge >= 0.3 is 0 Å². The molecule has 6 heteroatoms. The second-order valence-electron chi connectivity index (χ2n) is 3.91. The maximum atomic E-state index is 10.9. The first kappa shape index (κ1) is 13.6. The Morgan fingerprint density at radius 3 is 2.65 bits per heavy atom. The molecule has 0 atom stereocenters. The molecule has 5 nitrogen and oxygen atoms in total. The van der Waals surface area contributed by atoms with Crippen molar-refractivity contribution in [3.05, 3.63) is 18.2 Å². The largest absolute Gasteiger partial charge is 0.497 e. The average molecular weight is 258 g/mol. The molecule has 0 spiro atoms. The lowest BCUT2D eigenvalue weighted by atomic mass is 10.2. The molecule has 1 rings (SSSR count). The molecule has 0 radical (unpaired) electrons. The number of hydrogen-bond donors (Lipinski definition) is 2. The molecule has 0 aliphatic rings. The zero-order chi connectivity index (χ0) is 12.9. The number of sulfone groups is 1. The minimum Gasteiger partial charge on any atom is -0.497 e. The van der Waals surface area contributed by atoms with Crippen molar-refractivity contribution in [1.29, 1.82) is 0 Å². The number of methoxy groups -OCH3 is 1. The fraction of sp³-hybridized carbons (Fsp3) is 0.455. The van der Waals surface area contributed by atoms with Gasteiger partial charge in [-0.1, -0.05) is 0 Å². The van der Waals surface area contributed by atoms with E-state index in [1.54, 1.807) is 19.2 Å². The van der Waals surface area contributed by atoms with Gasteiger partial charge < -0.3 is 15.8 Å². The SMILES string of the molecule is COc1cc(N)cc(NCCCS(C)(=O)=O)c1. The van der Waals surface area contributed by atoms with Crippen LogP contribution in [0.15, 0.2) is 18.2 Å². The minimum atomic E-state index is -2.89. The molecule has 0 unspecified atom stereocenters. The predicted octanol–water partition coefficient (Wildman–Crippen LogP) is 1.12. The maximum absolute atomic E-state index is 10.9. The lowest BCUT2D eigenvalue weighted by Crippen LogP contribution is -2.09. The summed E-state index contributed by atoms with van der Waals surface area (Å²) in [5, 5.41) is 3.11. The van der Waals surface area contributed by atoms with E-state index < -0.39 is 9.84 Å². The average Bonchev–Trinajstić information content (AvgIpc) is 2.22. The first-order valence-electron chi connectivity index (χ1n) is 5.27. The Morgan fingerprint density at radius 2 is 2.06 bits per heavy atom. The standard InChI is InChI=1S/C11H18N2O3S/c1-16-11-7-9(12)6-10(8-11)13-4-3-5-17(2,14)15/h6-8,13H,3-5,12H2,1-2H3. The zero-order valence-corrected chi connectivity index (χ0v) is 10.9. The Morgan fingerprint density at radius 1 is 1.35 bits per heavy atom. The summed E-state index contributed by atoms with van der Waals surface area (Å²) in [6, 6.07) is 5.32. The van der Waals surface area contributed by atoms with Crippen molar-refractivity contribution in [3.8, 4) is 5.75 Å². The number of nitrogens with two attached hydrogens (primary N) is 1.